The SMILES string of the molecule is C=CC1(C2CCC3C4CCC(C)(CC)C(CCC)C4CCC32C)CC1. The lowest BCUT2D eigenvalue weighted by molar-refractivity contribution is -0.0891. The van der Waals surface area contributed by atoms with Gasteiger partial charge in [0.05, 0.1) is 0 Å². The Balaban J connectivity index is 1.60. The molecule has 4 rings (SSSR count). The fourth-order valence-electron chi connectivity index (χ4n) is 8.53. The molecule has 4 fully saturated rings. The van der Waals surface area contributed by atoms with Gasteiger partial charge in [0.2, 0.25) is 0 Å². The summed E-state index contributed by atoms with van der Waals surface area (Å²) in [6, 6.07) is 0. The predicted molar refractivity (Wildman–Crippen MR) is 108 cm³/mol. The van der Waals surface area contributed by atoms with Gasteiger partial charge in [0.1, 0.15) is 0 Å². The average molecular weight is 343 g/mol. The van der Waals surface area contributed by atoms with Crippen LogP contribution < -0.4 is 0 Å². The fraction of sp³-hybridized carbons (Fsp3) is 0.920. The molecule has 0 aromatic heterocycles. The third kappa shape index (κ3) is 2.52. The summed E-state index contributed by atoms with van der Waals surface area (Å²) in [5.41, 5.74) is 1.80. The highest BCUT2D eigenvalue weighted by molar-refractivity contribution is 5.18. The first-order valence-corrected chi connectivity index (χ1v) is 11.6. The minimum absolute atomic E-state index is 0.547. The Kier molecular flexibility index (Phi) is 4.45. The van der Waals surface area contributed by atoms with Gasteiger partial charge in [-0.05, 0) is 104 Å². The predicted octanol–water partition coefficient (Wildman–Crippen LogP) is 7.64. The van der Waals surface area contributed by atoms with Crippen molar-refractivity contribution in [1.29, 1.82) is 0 Å². The molecule has 0 nitrogen and oxygen atoms in total. The van der Waals surface area contributed by atoms with E-state index in [9.17, 15) is 0 Å². The van der Waals surface area contributed by atoms with Gasteiger partial charge in [0, 0.05) is 0 Å². The molecular weight excluding hydrogens is 300 g/mol. The zero-order chi connectivity index (χ0) is 17.9. The van der Waals surface area contributed by atoms with Gasteiger partial charge in [-0.1, -0.05) is 46.6 Å². The van der Waals surface area contributed by atoms with Crippen LogP contribution in [-0.4, -0.2) is 0 Å². The summed E-state index contributed by atoms with van der Waals surface area (Å²) in [4.78, 5) is 0. The monoisotopic (exact) mass is 342 g/mol. The maximum absolute atomic E-state index is 4.26. The molecule has 7 atom stereocenters. The number of fused-ring (bicyclic) bond motifs is 3. The van der Waals surface area contributed by atoms with Crippen LogP contribution >= 0.6 is 0 Å². The minimum atomic E-state index is 0.547. The van der Waals surface area contributed by atoms with Crippen molar-refractivity contribution in [3.63, 3.8) is 0 Å². The first-order chi connectivity index (χ1) is 11.9. The Labute approximate surface area is 157 Å². The topological polar surface area (TPSA) is 0 Å². The van der Waals surface area contributed by atoms with Crippen LogP contribution in [0.5, 0.6) is 0 Å². The summed E-state index contributed by atoms with van der Waals surface area (Å²) in [5, 5.41) is 0. The molecule has 0 aromatic carbocycles. The van der Waals surface area contributed by atoms with Crippen molar-refractivity contribution in [2.75, 3.05) is 0 Å². The van der Waals surface area contributed by atoms with Gasteiger partial charge >= 0.3 is 0 Å². The highest BCUT2D eigenvalue weighted by atomic mass is 14.7. The molecule has 4 aliphatic carbocycles. The van der Waals surface area contributed by atoms with E-state index < -0.39 is 0 Å². The molecule has 0 N–H and O–H groups in total. The van der Waals surface area contributed by atoms with Crippen molar-refractivity contribution >= 4 is 0 Å². The molecule has 0 spiro atoms. The van der Waals surface area contributed by atoms with Gasteiger partial charge in [-0.25, -0.2) is 0 Å². The van der Waals surface area contributed by atoms with Crippen LogP contribution in [0.25, 0.3) is 0 Å². The van der Waals surface area contributed by atoms with Crippen molar-refractivity contribution in [2.24, 2.45) is 45.8 Å². The fourth-order valence-corrected chi connectivity index (χ4v) is 8.53. The van der Waals surface area contributed by atoms with Crippen LogP contribution in [-0.2, 0) is 0 Å². The van der Waals surface area contributed by atoms with Crippen LogP contribution in [0.4, 0.5) is 0 Å². The molecule has 142 valence electrons. The van der Waals surface area contributed by atoms with Crippen molar-refractivity contribution < 1.29 is 0 Å². The Morgan fingerprint density at radius 1 is 0.920 bits per heavy atom. The molecule has 0 heteroatoms. The van der Waals surface area contributed by atoms with Gasteiger partial charge in [0.25, 0.3) is 0 Å². The Morgan fingerprint density at radius 2 is 1.64 bits per heavy atom. The van der Waals surface area contributed by atoms with Crippen LogP contribution in [0.15, 0.2) is 12.7 Å². The standard InChI is InChI=1S/C25H42/c1-6-9-20-18-13-15-24(5)21(19(18)12-14-23(20,4)7-2)10-11-22(24)25(8-3)16-17-25/h8,18-22H,3,6-7,9-17H2,1-2,4-5H3. The van der Waals surface area contributed by atoms with E-state index in [1.165, 1.54) is 70.6 Å². The molecule has 0 aromatic rings. The summed E-state index contributed by atoms with van der Waals surface area (Å²) in [6.07, 6.45) is 18.6. The van der Waals surface area contributed by atoms with Gasteiger partial charge in [-0.3, -0.25) is 0 Å². The molecule has 0 amide bonds. The van der Waals surface area contributed by atoms with Gasteiger partial charge < -0.3 is 0 Å². The van der Waals surface area contributed by atoms with Crippen molar-refractivity contribution in [3.05, 3.63) is 12.7 Å². The average Bonchev–Trinajstić information content (AvgIpc) is 3.32. The third-order valence-electron chi connectivity index (χ3n) is 10.3. The molecule has 25 heavy (non-hydrogen) atoms. The Hall–Kier alpha value is -0.260. The van der Waals surface area contributed by atoms with Gasteiger partial charge in [0.15, 0.2) is 0 Å². The number of hydrogen-bond acceptors (Lipinski definition) is 0. The molecule has 0 heterocycles. The molecular formula is C25H42. The van der Waals surface area contributed by atoms with Crippen LogP contribution in [0.3, 0.4) is 0 Å². The lowest BCUT2D eigenvalue weighted by atomic mass is 9.47. The minimum Gasteiger partial charge on any atom is -0.103 e. The van der Waals surface area contributed by atoms with E-state index >= 15 is 0 Å². The Morgan fingerprint density at radius 3 is 2.24 bits per heavy atom. The molecule has 4 aliphatic rings. The zero-order valence-electron chi connectivity index (χ0n) is 17.4. The molecule has 0 saturated heterocycles. The summed E-state index contributed by atoms with van der Waals surface area (Å²) >= 11 is 0. The van der Waals surface area contributed by atoms with E-state index in [1.807, 2.05) is 0 Å². The largest absolute Gasteiger partial charge is 0.103 e. The maximum Gasteiger partial charge on any atom is -0.00867 e. The highest BCUT2D eigenvalue weighted by Crippen LogP contribution is 2.71. The lowest BCUT2D eigenvalue weighted by Crippen LogP contribution is -2.50. The first kappa shape index (κ1) is 18.1. The smallest absolute Gasteiger partial charge is 0.00867 e. The molecule has 0 aliphatic heterocycles. The molecule has 0 bridgehead atoms. The number of rotatable bonds is 5. The van der Waals surface area contributed by atoms with E-state index in [1.54, 1.807) is 0 Å². The summed E-state index contributed by atoms with van der Waals surface area (Å²) in [7, 11) is 0. The van der Waals surface area contributed by atoms with Crippen molar-refractivity contribution in [3.8, 4) is 0 Å². The van der Waals surface area contributed by atoms with Crippen LogP contribution in [0.2, 0.25) is 0 Å². The second kappa shape index (κ2) is 6.13. The third-order valence-corrected chi connectivity index (χ3v) is 10.3. The zero-order valence-corrected chi connectivity index (χ0v) is 17.4. The number of allylic oxidation sites excluding steroid dienone is 1. The summed E-state index contributed by atoms with van der Waals surface area (Å²) in [5.74, 6) is 5.05. The van der Waals surface area contributed by atoms with Crippen molar-refractivity contribution in [2.45, 2.75) is 98.3 Å². The normalized spacial score (nSPS) is 50.8. The summed E-state index contributed by atoms with van der Waals surface area (Å²) < 4.78 is 0. The van der Waals surface area contributed by atoms with Crippen molar-refractivity contribution in [1.82, 2.24) is 0 Å². The quantitative estimate of drug-likeness (QED) is 0.450. The maximum atomic E-state index is 4.26. The summed E-state index contributed by atoms with van der Waals surface area (Å²) in [6.45, 7) is 14.5. The van der Waals surface area contributed by atoms with E-state index in [-0.39, 0.29) is 0 Å². The second-order valence-corrected chi connectivity index (χ2v) is 11.0. The van der Waals surface area contributed by atoms with Gasteiger partial charge in [-0.15, -0.1) is 6.58 Å². The molecule has 7 unspecified atom stereocenters. The highest BCUT2D eigenvalue weighted by Gasteiger charge is 2.63. The van der Waals surface area contributed by atoms with Crippen LogP contribution in [0, 0.1) is 45.8 Å². The van der Waals surface area contributed by atoms with Gasteiger partial charge in [-0.2, -0.15) is 0 Å². The van der Waals surface area contributed by atoms with E-state index in [0.29, 0.717) is 16.2 Å². The van der Waals surface area contributed by atoms with E-state index in [4.69, 9.17) is 0 Å². The molecule has 0 radical (unpaired) electrons. The Bertz CT molecular complexity index is 514. The van der Waals surface area contributed by atoms with Crippen LogP contribution in [0.1, 0.15) is 98.3 Å². The number of hydrogen-bond donors (Lipinski definition) is 0. The molecule has 4 saturated carbocycles. The van der Waals surface area contributed by atoms with E-state index in [0.717, 1.165) is 29.6 Å². The second-order valence-electron chi connectivity index (χ2n) is 11.0. The first-order valence-electron chi connectivity index (χ1n) is 11.6. The lowest BCUT2D eigenvalue weighted by Gasteiger charge is -2.58. The van der Waals surface area contributed by atoms with E-state index in [2.05, 4.69) is 40.3 Å².